The van der Waals surface area contributed by atoms with Crippen LogP contribution in [0.4, 0.5) is 9.18 Å². The Hall–Kier alpha value is -2.32. The molecule has 0 aliphatic carbocycles. The van der Waals surface area contributed by atoms with Gasteiger partial charge in [-0.2, -0.15) is 0 Å². The fourth-order valence-corrected chi connectivity index (χ4v) is 2.99. The van der Waals surface area contributed by atoms with Gasteiger partial charge in [0.25, 0.3) is 5.88 Å². The molecule has 8 nitrogen and oxygen atoms in total. The van der Waals surface area contributed by atoms with Crippen molar-refractivity contribution < 1.29 is 33.1 Å². The summed E-state index contributed by atoms with van der Waals surface area (Å²) < 4.78 is 30.8. The van der Waals surface area contributed by atoms with Crippen LogP contribution in [0.15, 0.2) is 10.6 Å². The molecule has 1 aromatic heterocycles. The number of nitrogens with zero attached hydrogens (tertiary/aromatic N) is 2. The predicted molar refractivity (Wildman–Crippen MR) is 98.1 cm³/mol. The number of ether oxygens (including phenoxy) is 2. The molecule has 1 aliphatic heterocycles. The fourth-order valence-electron chi connectivity index (χ4n) is 2.99. The van der Waals surface area contributed by atoms with Crippen molar-refractivity contribution >= 4 is 12.1 Å². The Kier molecular flexibility index (Phi) is 6.56. The highest BCUT2D eigenvalue weighted by Crippen LogP contribution is 2.30. The van der Waals surface area contributed by atoms with E-state index in [-0.39, 0.29) is 50.1 Å². The molecule has 28 heavy (non-hydrogen) atoms. The molecule has 0 radical (unpaired) electrons. The van der Waals surface area contributed by atoms with Gasteiger partial charge in [0.05, 0.1) is 0 Å². The second-order valence-electron chi connectivity index (χ2n) is 8.53. The summed E-state index contributed by atoms with van der Waals surface area (Å²) in [5, 5.41) is 13.0. The van der Waals surface area contributed by atoms with Gasteiger partial charge in [-0.05, 0) is 31.8 Å². The number of carbonyl (C=O) groups is 2. The SMILES string of the molecule is CC(C)C(C(=O)O)c1cc(OCC2(F)CCN(C(=O)OC(C)(C)C)CC2)no1. The highest BCUT2D eigenvalue weighted by Gasteiger charge is 2.38. The Labute approximate surface area is 163 Å². The van der Waals surface area contributed by atoms with Crippen molar-refractivity contribution in [3.8, 4) is 5.88 Å². The van der Waals surface area contributed by atoms with Crippen molar-refractivity contribution in [2.24, 2.45) is 5.92 Å². The Morgan fingerprint density at radius 2 is 1.96 bits per heavy atom. The molecule has 1 amide bonds. The van der Waals surface area contributed by atoms with Gasteiger partial charge in [-0.1, -0.05) is 13.8 Å². The average Bonchev–Trinajstić information content (AvgIpc) is 3.00. The van der Waals surface area contributed by atoms with Gasteiger partial charge in [0.2, 0.25) is 0 Å². The first-order valence-electron chi connectivity index (χ1n) is 9.39. The Morgan fingerprint density at radius 1 is 1.36 bits per heavy atom. The third-order valence-corrected chi connectivity index (χ3v) is 4.54. The van der Waals surface area contributed by atoms with Crippen LogP contribution in [0.5, 0.6) is 5.88 Å². The first kappa shape index (κ1) is 22.0. The normalized spacial score (nSPS) is 18.0. The summed E-state index contributed by atoms with van der Waals surface area (Å²) in [6.07, 6.45) is -0.230. The van der Waals surface area contributed by atoms with E-state index in [1.165, 1.54) is 11.0 Å². The summed E-state index contributed by atoms with van der Waals surface area (Å²) in [5.74, 6) is -1.84. The number of hydrogen-bond acceptors (Lipinski definition) is 6. The Balaban J connectivity index is 1.89. The summed E-state index contributed by atoms with van der Waals surface area (Å²) in [5.41, 5.74) is -2.21. The number of aliphatic carboxylic acids is 1. The predicted octanol–water partition coefficient (Wildman–Crippen LogP) is 3.62. The lowest BCUT2D eigenvalue weighted by molar-refractivity contribution is -0.140. The summed E-state index contributed by atoms with van der Waals surface area (Å²) in [7, 11) is 0. The minimum atomic E-state index is -1.61. The minimum absolute atomic E-state index is 0.0495. The molecular formula is C19H29FN2O6. The second-order valence-corrected chi connectivity index (χ2v) is 8.53. The molecule has 158 valence electrons. The molecule has 1 aliphatic rings. The number of piperidine rings is 1. The zero-order chi connectivity index (χ0) is 21.1. The maximum absolute atomic E-state index is 15.0. The quantitative estimate of drug-likeness (QED) is 0.778. The van der Waals surface area contributed by atoms with Crippen LogP contribution >= 0.6 is 0 Å². The van der Waals surface area contributed by atoms with E-state index in [2.05, 4.69) is 5.16 Å². The molecule has 0 spiro atoms. The number of likely N-dealkylation sites (tertiary alicyclic amines) is 1. The molecule has 0 saturated carbocycles. The number of amides is 1. The first-order chi connectivity index (χ1) is 12.9. The number of hydrogen-bond donors (Lipinski definition) is 1. The number of carbonyl (C=O) groups excluding carboxylic acids is 1. The fraction of sp³-hybridized carbons (Fsp3) is 0.737. The maximum atomic E-state index is 15.0. The molecular weight excluding hydrogens is 371 g/mol. The smallest absolute Gasteiger partial charge is 0.410 e. The van der Waals surface area contributed by atoms with Crippen LogP contribution in [0.1, 0.15) is 59.1 Å². The Bertz CT molecular complexity index is 689. The molecule has 1 unspecified atom stereocenters. The lowest BCUT2D eigenvalue weighted by Crippen LogP contribution is -2.48. The van der Waals surface area contributed by atoms with Gasteiger partial charge in [-0.25, -0.2) is 9.18 Å². The van der Waals surface area contributed by atoms with Crippen molar-refractivity contribution in [2.45, 2.75) is 64.6 Å². The largest absolute Gasteiger partial charge is 0.481 e. The first-order valence-corrected chi connectivity index (χ1v) is 9.39. The molecule has 1 atom stereocenters. The van der Waals surface area contributed by atoms with Crippen molar-refractivity contribution in [3.05, 3.63) is 11.8 Å². The molecule has 9 heteroatoms. The molecule has 1 N–H and O–H groups in total. The number of carboxylic acids is 1. The lowest BCUT2D eigenvalue weighted by atomic mass is 9.93. The number of aromatic nitrogens is 1. The van der Waals surface area contributed by atoms with Gasteiger partial charge in [0.15, 0.2) is 5.76 Å². The zero-order valence-corrected chi connectivity index (χ0v) is 17.0. The van der Waals surface area contributed by atoms with Gasteiger partial charge >= 0.3 is 12.1 Å². The van der Waals surface area contributed by atoms with Crippen LogP contribution in [-0.4, -0.2) is 58.2 Å². The van der Waals surface area contributed by atoms with Gasteiger partial charge in [-0.15, -0.1) is 0 Å². The van der Waals surface area contributed by atoms with Crippen molar-refractivity contribution in [3.63, 3.8) is 0 Å². The zero-order valence-electron chi connectivity index (χ0n) is 17.0. The molecule has 2 heterocycles. The van der Waals surface area contributed by atoms with E-state index in [0.29, 0.717) is 0 Å². The lowest BCUT2D eigenvalue weighted by Gasteiger charge is -2.36. The summed E-state index contributed by atoms with van der Waals surface area (Å²) >= 11 is 0. The molecule has 1 saturated heterocycles. The third-order valence-electron chi connectivity index (χ3n) is 4.54. The van der Waals surface area contributed by atoms with E-state index >= 15 is 0 Å². The minimum Gasteiger partial charge on any atom is -0.481 e. The topological polar surface area (TPSA) is 102 Å². The van der Waals surface area contributed by atoms with E-state index in [0.717, 1.165) is 0 Å². The Morgan fingerprint density at radius 3 is 2.46 bits per heavy atom. The standard InChI is InChI=1S/C19H29FN2O6/c1-12(2)15(16(23)24)13-10-14(21-28-13)26-11-19(20)6-8-22(9-7-19)17(25)27-18(3,4)5/h10,12,15H,6-9,11H2,1-5H3,(H,23,24). The molecule has 2 rings (SSSR count). The van der Waals surface area contributed by atoms with E-state index < -0.39 is 29.3 Å². The number of halogens is 1. The highest BCUT2D eigenvalue weighted by molar-refractivity contribution is 5.75. The molecule has 0 aromatic carbocycles. The summed E-state index contributed by atoms with van der Waals surface area (Å²) in [6, 6.07) is 1.39. The van der Waals surface area contributed by atoms with Crippen LogP contribution in [0.25, 0.3) is 0 Å². The van der Waals surface area contributed by atoms with Crippen molar-refractivity contribution in [2.75, 3.05) is 19.7 Å². The van der Waals surface area contributed by atoms with E-state index in [1.807, 2.05) is 0 Å². The maximum Gasteiger partial charge on any atom is 0.410 e. The van der Waals surface area contributed by atoms with E-state index in [4.69, 9.17) is 14.0 Å². The van der Waals surface area contributed by atoms with Crippen LogP contribution in [0, 0.1) is 5.92 Å². The summed E-state index contributed by atoms with van der Waals surface area (Å²) in [4.78, 5) is 24.9. The number of carboxylic acid groups (broad SMARTS) is 1. The highest BCUT2D eigenvalue weighted by atomic mass is 19.1. The number of rotatable bonds is 6. The molecule has 0 bridgehead atoms. The van der Waals surface area contributed by atoms with Gasteiger partial charge in [-0.3, -0.25) is 4.79 Å². The van der Waals surface area contributed by atoms with E-state index in [9.17, 15) is 19.1 Å². The van der Waals surface area contributed by atoms with Crippen LogP contribution in [-0.2, 0) is 9.53 Å². The van der Waals surface area contributed by atoms with Crippen LogP contribution < -0.4 is 4.74 Å². The van der Waals surface area contributed by atoms with E-state index in [1.54, 1.807) is 34.6 Å². The van der Waals surface area contributed by atoms with Crippen molar-refractivity contribution in [1.82, 2.24) is 10.1 Å². The second kappa shape index (κ2) is 8.36. The van der Waals surface area contributed by atoms with Crippen molar-refractivity contribution in [1.29, 1.82) is 0 Å². The number of alkyl halides is 1. The monoisotopic (exact) mass is 400 g/mol. The van der Waals surface area contributed by atoms with Crippen LogP contribution in [0.3, 0.4) is 0 Å². The molecule has 1 aromatic rings. The van der Waals surface area contributed by atoms with Crippen LogP contribution in [0.2, 0.25) is 0 Å². The summed E-state index contributed by atoms with van der Waals surface area (Å²) in [6.45, 7) is 9.07. The third kappa shape index (κ3) is 5.84. The average molecular weight is 400 g/mol. The van der Waals surface area contributed by atoms with Gasteiger partial charge < -0.3 is 24.0 Å². The van der Waals surface area contributed by atoms with Gasteiger partial charge in [0, 0.05) is 32.0 Å². The van der Waals surface area contributed by atoms with Gasteiger partial charge in [0.1, 0.15) is 23.8 Å². The molecule has 1 fully saturated rings.